The van der Waals surface area contributed by atoms with Gasteiger partial charge in [0.15, 0.2) is 17.5 Å². The monoisotopic (exact) mass is 237 g/mol. The van der Waals surface area contributed by atoms with Crippen molar-refractivity contribution in [3.8, 4) is 0 Å². The molecule has 1 nitrogen and oxygen atoms in total. The van der Waals surface area contributed by atoms with Gasteiger partial charge < -0.3 is 5.73 Å². The van der Waals surface area contributed by atoms with Crippen LogP contribution >= 0.6 is 12.4 Å². The summed E-state index contributed by atoms with van der Waals surface area (Å²) in [5.41, 5.74) is 5.77. The van der Waals surface area contributed by atoms with Crippen LogP contribution in [-0.2, 0) is 0 Å². The standard InChI is InChI=1S/C10H10F3N.ClH/c11-7-4-3-6(8(12)9(7)13)10(14)5-1-2-5;/h3-5,10H,1-2,14H2;1H/t10-;/m0./s1. The summed E-state index contributed by atoms with van der Waals surface area (Å²) < 4.78 is 38.6. The molecule has 1 aliphatic rings. The lowest BCUT2D eigenvalue weighted by Crippen LogP contribution is -2.15. The molecule has 1 atom stereocenters. The molecule has 5 heteroatoms. The van der Waals surface area contributed by atoms with E-state index in [1.165, 1.54) is 6.07 Å². The normalized spacial score (nSPS) is 17.1. The van der Waals surface area contributed by atoms with Crippen LogP contribution in [0.25, 0.3) is 0 Å². The average Bonchev–Trinajstić information content (AvgIpc) is 2.97. The van der Waals surface area contributed by atoms with Crippen LogP contribution in [0.15, 0.2) is 12.1 Å². The molecule has 2 N–H and O–H groups in total. The predicted octanol–water partition coefficient (Wildman–Crippen LogP) is 2.94. The lowest BCUT2D eigenvalue weighted by atomic mass is 10.0. The van der Waals surface area contributed by atoms with Crippen LogP contribution in [-0.4, -0.2) is 0 Å². The van der Waals surface area contributed by atoms with Gasteiger partial charge in [-0.25, -0.2) is 13.2 Å². The first kappa shape index (κ1) is 12.3. The van der Waals surface area contributed by atoms with Crippen LogP contribution in [0.5, 0.6) is 0 Å². The fraction of sp³-hybridized carbons (Fsp3) is 0.400. The van der Waals surface area contributed by atoms with Crippen molar-refractivity contribution in [2.75, 3.05) is 0 Å². The van der Waals surface area contributed by atoms with E-state index >= 15 is 0 Å². The summed E-state index contributed by atoms with van der Waals surface area (Å²) in [7, 11) is 0. The molecule has 84 valence electrons. The minimum absolute atomic E-state index is 0. The zero-order valence-corrected chi connectivity index (χ0v) is 8.66. The van der Waals surface area contributed by atoms with E-state index in [9.17, 15) is 13.2 Å². The molecule has 1 aliphatic carbocycles. The Balaban J connectivity index is 0.00000112. The molecule has 0 saturated heterocycles. The van der Waals surface area contributed by atoms with Crippen LogP contribution < -0.4 is 5.73 Å². The van der Waals surface area contributed by atoms with Crippen molar-refractivity contribution in [3.05, 3.63) is 35.1 Å². The van der Waals surface area contributed by atoms with Crippen LogP contribution in [0.4, 0.5) is 13.2 Å². The number of rotatable bonds is 2. The zero-order valence-electron chi connectivity index (χ0n) is 7.84. The van der Waals surface area contributed by atoms with Crippen molar-refractivity contribution >= 4 is 12.4 Å². The molecule has 0 amide bonds. The minimum Gasteiger partial charge on any atom is -0.324 e. The van der Waals surface area contributed by atoms with Gasteiger partial charge in [-0.2, -0.15) is 0 Å². The summed E-state index contributed by atoms with van der Waals surface area (Å²) in [5.74, 6) is -3.54. The van der Waals surface area contributed by atoms with Gasteiger partial charge in [-0.1, -0.05) is 6.07 Å². The lowest BCUT2D eigenvalue weighted by molar-refractivity contribution is 0.431. The highest BCUT2D eigenvalue weighted by molar-refractivity contribution is 5.85. The van der Waals surface area contributed by atoms with E-state index in [1.807, 2.05) is 0 Å². The molecule has 0 aromatic heterocycles. The van der Waals surface area contributed by atoms with Crippen LogP contribution in [0.2, 0.25) is 0 Å². The average molecular weight is 238 g/mol. The predicted molar refractivity (Wildman–Crippen MR) is 53.2 cm³/mol. The maximum atomic E-state index is 13.2. The Morgan fingerprint density at radius 1 is 1.13 bits per heavy atom. The highest BCUT2D eigenvalue weighted by Crippen LogP contribution is 2.40. The van der Waals surface area contributed by atoms with E-state index in [1.54, 1.807) is 0 Å². The van der Waals surface area contributed by atoms with Gasteiger partial charge >= 0.3 is 0 Å². The molecule has 1 aromatic carbocycles. The Bertz CT molecular complexity index is 366. The van der Waals surface area contributed by atoms with Gasteiger partial charge in [0.1, 0.15) is 0 Å². The van der Waals surface area contributed by atoms with E-state index in [0.717, 1.165) is 18.9 Å². The fourth-order valence-corrected chi connectivity index (χ4v) is 1.51. The highest BCUT2D eigenvalue weighted by atomic mass is 35.5. The van der Waals surface area contributed by atoms with Crippen LogP contribution in [0.3, 0.4) is 0 Å². The number of hydrogen-bond donors (Lipinski definition) is 1. The lowest BCUT2D eigenvalue weighted by Gasteiger charge is -2.11. The Kier molecular flexibility index (Phi) is 3.62. The second-order valence-corrected chi connectivity index (χ2v) is 3.63. The quantitative estimate of drug-likeness (QED) is 0.787. The van der Waals surface area contributed by atoms with E-state index in [0.29, 0.717) is 0 Å². The van der Waals surface area contributed by atoms with Crippen molar-refractivity contribution in [1.29, 1.82) is 0 Å². The Morgan fingerprint density at radius 2 is 1.73 bits per heavy atom. The maximum Gasteiger partial charge on any atom is 0.194 e. The van der Waals surface area contributed by atoms with Gasteiger partial charge in [-0.05, 0) is 24.8 Å². The molecule has 0 heterocycles. The minimum atomic E-state index is -1.43. The summed E-state index contributed by atoms with van der Waals surface area (Å²) in [5, 5.41) is 0. The summed E-state index contributed by atoms with van der Waals surface area (Å²) in [4.78, 5) is 0. The summed E-state index contributed by atoms with van der Waals surface area (Å²) in [6.45, 7) is 0. The maximum absolute atomic E-state index is 13.2. The largest absolute Gasteiger partial charge is 0.324 e. The van der Waals surface area contributed by atoms with Crippen molar-refractivity contribution in [1.82, 2.24) is 0 Å². The molecule has 2 rings (SSSR count). The van der Waals surface area contributed by atoms with Gasteiger partial charge in [0, 0.05) is 11.6 Å². The van der Waals surface area contributed by atoms with Gasteiger partial charge in [-0.15, -0.1) is 12.4 Å². The summed E-state index contributed by atoms with van der Waals surface area (Å²) in [6, 6.07) is 1.62. The molecule has 1 aromatic rings. The van der Waals surface area contributed by atoms with E-state index < -0.39 is 23.5 Å². The van der Waals surface area contributed by atoms with Gasteiger partial charge in [0.25, 0.3) is 0 Å². The first-order chi connectivity index (χ1) is 6.61. The van der Waals surface area contributed by atoms with E-state index in [-0.39, 0.29) is 23.9 Å². The molecular weight excluding hydrogens is 227 g/mol. The van der Waals surface area contributed by atoms with Gasteiger partial charge in [0.05, 0.1) is 0 Å². The zero-order chi connectivity index (χ0) is 10.3. The van der Waals surface area contributed by atoms with Gasteiger partial charge in [-0.3, -0.25) is 0 Å². The molecule has 1 saturated carbocycles. The molecule has 15 heavy (non-hydrogen) atoms. The van der Waals surface area contributed by atoms with Crippen LogP contribution in [0, 0.1) is 23.4 Å². The molecule has 0 aliphatic heterocycles. The molecule has 0 bridgehead atoms. The smallest absolute Gasteiger partial charge is 0.194 e. The summed E-state index contributed by atoms with van der Waals surface area (Å²) >= 11 is 0. The number of halogens is 4. The Hall–Kier alpha value is -0.740. The van der Waals surface area contributed by atoms with Crippen molar-refractivity contribution in [2.24, 2.45) is 11.7 Å². The molecule has 1 fully saturated rings. The fourth-order valence-electron chi connectivity index (χ4n) is 1.51. The van der Waals surface area contributed by atoms with Crippen LogP contribution in [0.1, 0.15) is 24.4 Å². The SMILES string of the molecule is Cl.N[C@H](c1ccc(F)c(F)c1F)C1CC1. The van der Waals surface area contributed by atoms with E-state index in [4.69, 9.17) is 5.73 Å². The summed E-state index contributed by atoms with van der Waals surface area (Å²) in [6.07, 6.45) is 1.86. The Morgan fingerprint density at radius 3 is 2.27 bits per heavy atom. The molecule has 0 spiro atoms. The topological polar surface area (TPSA) is 26.0 Å². The van der Waals surface area contributed by atoms with Crippen molar-refractivity contribution in [3.63, 3.8) is 0 Å². The number of hydrogen-bond acceptors (Lipinski definition) is 1. The molecule has 0 unspecified atom stereocenters. The second kappa shape index (κ2) is 4.41. The van der Waals surface area contributed by atoms with Gasteiger partial charge in [0.2, 0.25) is 0 Å². The highest BCUT2D eigenvalue weighted by Gasteiger charge is 2.32. The first-order valence-electron chi connectivity index (χ1n) is 4.50. The third-order valence-electron chi connectivity index (χ3n) is 2.55. The molecular formula is C10H11ClF3N. The third-order valence-corrected chi connectivity index (χ3v) is 2.55. The van der Waals surface area contributed by atoms with Crippen molar-refractivity contribution in [2.45, 2.75) is 18.9 Å². The van der Waals surface area contributed by atoms with Crippen molar-refractivity contribution < 1.29 is 13.2 Å². The second-order valence-electron chi connectivity index (χ2n) is 3.63. The number of benzene rings is 1. The van der Waals surface area contributed by atoms with E-state index in [2.05, 4.69) is 0 Å². The number of nitrogens with two attached hydrogens (primary N) is 1. The Labute approximate surface area is 91.9 Å². The third kappa shape index (κ3) is 2.26. The molecule has 0 radical (unpaired) electrons. The first-order valence-corrected chi connectivity index (χ1v) is 4.50.